The maximum absolute atomic E-state index is 6.51. The van der Waals surface area contributed by atoms with Gasteiger partial charge in [0, 0.05) is 64.1 Å². The molecule has 266 valence electrons. The summed E-state index contributed by atoms with van der Waals surface area (Å²) in [6, 6.07) is 63.7. The molecule has 12 aromatic rings. The molecule has 57 heavy (non-hydrogen) atoms. The molecule has 0 N–H and O–H groups in total. The average Bonchev–Trinajstić information content (AvgIpc) is 3.96. The van der Waals surface area contributed by atoms with E-state index in [0.717, 1.165) is 61.0 Å². The van der Waals surface area contributed by atoms with E-state index in [1.165, 1.54) is 36.5 Å². The first-order valence-electron chi connectivity index (χ1n) is 19.0. The second-order valence-corrected chi connectivity index (χ2v) is 15.4. The number of fused-ring (bicyclic) bond motifs is 10. The van der Waals surface area contributed by atoms with Crippen molar-refractivity contribution in [3.8, 4) is 51.0 Å². The molecule has 0 unspecified atom stereocenters. The zero-order valence-electron chi connectivity index (χ0n) is 30.4. The molecule has 0 amide bonds. The molecule has 0 spiro atoms. The van der Waals surface area contributed by atoms with Crippen LogP contribution in [-0.2, 0) is 0 Å². The van der Waals surface area contributed by atoms with Gasteiger partial charge in [0.1, 0.15) is 11.2 Å². The van der Waals surface area contributed by atoms with E-state index in [0.29, 0.717) is 17.5 Å². The van der Waals surface area contributed by atoms with Crippen molar-refractivity contribution in [3.63, 3.8) is 0 Å². The standard InChI is InChI=1S/C51H30N4OS/c1-3-13-31(14-4-1)36-21-12-23-42-46(36)39-26-25-34(30-43(39)56-42)51-53-49(32-15-5-2-6-16-32)52-50(54-51)33-17-11-18-35(29-33)55-41-22-9-7-19-37(41)38-27-28-45-47(48(38)55)40-20-8-10-24-44(40)57-45/h1-30H. The number of rotatable bonds is 5. The molecule has 6 heteroatoms. The predicted molar refractivity (Wildman–Crippen MR) is 236 cm³/mol. The smallest absolute Gasteiger partial charge is 0.164 e. The van der Waals surface area contributed by atoms with Gasteiger partial charge in [-0.1, -0.05) is 133 Å². The maximum atomic E-state index is 6.51. The van der Waals surface area contributed by atoms with E-state index in [1.54, 1.807) is 0 Å². The fourth-order valence-corrected chi connectivity index (χ4v) is 9.60. The molecule has 4 heterocycles. The van der Waals surface area contributed by atoms with E-state index in [4.69, 9.17) is 19.4 Å². The Labute approximate surface area is 330 Å². The van der Waals surface area contributed by atoms with Gasteiger partial charge in [0.15, 0.2) is 17.5 Å². The van der Waals surface area contributed by atoms with Gasteiger partial charge in [-0.15, -0.1) is 11.3 Å². The largest absolute Gasteiger partial charge is 0.456 e. The van der Waals surface area contributed by atoms with Crippen LogP contribution in [0.25, 0.3) is 115 Å². The normalized spacial score (nSPS) is 11.9. The Morgan fingerprint density at radius 2 is 1.05 bits per heavy atom. The minimum absolute atomic E-state index is 0.582. The lowest BCUT2D eigenvalue weighted by Gasteiger charge is -2.12. The van der Waals surface area contributed by atoms with Crippen LogP contribution >= 0.6 is 11.3 Å². The third-order valence-electron chi connectivity index (χ3n) is 11.0. The average molecular weight is 747 g/mol. The molecule has 0 bridgehead atoms. The second-order valence-electron chi connectivity index (χ2n) is 14.4. The van der Waals surface area contributed by atoms with Crippen LogP contribution in [0, 0.1) is 0 Å². The van der Waals surface area contributed by atoms with Crippen LogP contribution < -0.4 is 0 Å². The van der Waals surface area contributed by atoms with Gasteiger partial charge in [0.2, 0.25) is 0 Å². The Bertz CT molecular complexity index is 3530. The Morgan fingerprint density at radius 1 is 0.404 bits per heavy atom. The van der Waals surface area contributed by atoms with Crippen molar-refractivity contribution in [2.45, 2.75) is 0 Å². The highest BCUT2D eigenvalue weighted by molar-refractivity contribution is 7.26. The van der Waals surface area contributed by atoms with Gasteiger partial charge in [-0.25, -0.2) is 15.0 Å². The molecular formula is C51H30N4OS. The minimum Gasteiger partial charge on any atom is -0.456 e. The number of thiophene rings is 1. The third kappa shape index (κ3) is 5.04. The number of furan rings is 1. The molecule has 5 nitrogen and oxygen atoms in total. The van der Waals surface area contributed by atoms with Gasteiger partial charge in [-0.2, -0.15) is 0 Å². The first-order valence-corrected chi connectivity index (χ1v) is 19.8. The number of hydrogen-bond donors (Lipinski definition) is 0. The highest BCUT2D eigenvalue weighted by atomic mass is 32.1. The van der Waals surface area contributed by atoms with E-state index in [1.807, 2.05) is 53.8 Å². The van der Waals surface area contributed by atoms with Crippen LogP contribution in [0.4, 0.5) is 0 Å². The summed E-state index contributed by atoms with van der Waals surface area (Å²) in [4.78, 5) is 15.4. The molecular weight excluding hydrogens is 717 g/mol. The molecule has 4 aromatic heterocycles. The zero-order chi connectivity index (χ0) is 37.5. The van der Waals surface area contributed by atoms with E-state index in [2.05, 4.69) is 144 Å². The quantitative estimate of drug-likeness (QED) is 0.176. The SMILES string of the molecule is c1ccc(-c2nc(-c3cccc(-n4c5ccccc5c5ccc6sc7ccccc7c6c54)c3)nc(-c3ccc4c(c3)oc3cccc(-c5ccccc5)c34)n2)cc1. The van der Waals surface area contributed by atoms with E-state index in [9.17, 15) is 0 Å². The van der Waals surface area contributed by atoms with E-state index >= 15 is 0 Å². The molecule has 12 rings (SSSR count). The minimum atomic E-state index is 0.582. The van der Waals surface area contributed by atoms with Crippen LogP contribution in [0.2, 0.25) is 0 Å². The first kappa shape index (κ1) is 31.9. The summed E-state index contributed by atoms with van der Waals surface area (Å²) in [5.74, 6) is 1.79. The van der Waals surface area contributed by atoms with Gasteiger partial charge >= 0.3 is 0 Å². The summed E-state index contributed by atoms with van der Waals surface area (Å²) in [5, 5.41) is 7.16. The molecule has 0 aliphatic carbocycles. The van der Waals surface area contributed by atoms with Gasteiger partial charge in [0.25, 0.3) is 0 Å². The van der Waals surface area contributed by atoms with E-state index < -0.39 is 0 Å². The monoisotopic (exact) mass is 746 g/mol. The summed E-state index contributed by atoms with van der Waals surface area (Å²) in [7, 11) is 0. The van der Waals surface area contributed by atoms with Crippen LogP contribution in [-0.4, -0.2) is 19.5 Å². The molecule has 0 saturated carbocycles. The summed E-state index contributed by atoms with van der Waals surface area (Å²) in [6.45, 7) is 0. The Balaban J connectivity index is 1.05. The van der Waals surface area contributed by atoms with Crippen LogP contribution in [0.1, 0.15) is 0 Å². The third-order valence-corrected chi connectivity index (χ3v) is 12.2. The number of nitrogens with zero attached hydrogens (tertiary/aromatic N) is 4. The highest BCUT2D eigenvalue weighted by Gasteiger charge is 2.20. The summed E-state index contributed by atoms with van der Waals surface area (Å²) in [5.41, 5.74) is 10.0. The van der Waals surface area contributed by atoms with Gasteiger partial charge < -0.3 is 8.98 Å². The van der Waals surface area contributed by atoms with Crippen molar-refractivity contribution in [1.82, 2.24) is 19.5 Å². The molecule has 8 aromatic carbocycles. The predicted octanol–water partition coefficient (Wildman–Crippen LogP) is 13.9. The maximum Gasteiger partial charge on any atom is 0.164 e. The molecule has 0 aliphatic heterocycles. The molecule has 0 aliphatic rings. The van der Waals surface area contributed by atoms with Gasteiger partial charge in [-0.05, 0) is 59.7 Å². The Hall–Kier alpha value is -7.41. The van der Waals surface area contributed by atoms with Crippen LogP contribution in [0.5, 0.6) is 0 Å². The Kier molecular flexibility index (Phi) is 7.03. The van der Waals surface area contributed by atoms with Crippen molar-refractivity contribution >= 4 is 75.3 Å². The molecule has 0 radical (unpaired) electrons. The van der Waals surface area contributed by atoms with Gasteiger partial charge in [0.05, 0.1) is 11.0 Å². The van der Waals surface area contributed by atoms with Crippen molar-refractivity contribution < 1.29 is 4.42 Å². The molecule has 0 atom stereocenters. The summed E-state index contributed by atoms with van der Waals surface area (Å²) < 4.78 is 11.5. The van der Waals surface area contributed by atoms with E-state index in [-0.39, 0.29) is 0 Å². The number of benzene rings is 8. The van der Waals surface area contributed by atoms with Gasteiger partial charge in [-0.3, -0.25) is 0 Å². The summed E-state index contributed by atoms with van der Waals surface area (Å²) in [6.07, 6.45) is 0. The first-order chi connectivity index (χ1) is 28.2. The van der Waals surface area contributed by atoms with Crippen molar-refractivity contribution in [1.29, 1.82) is 0 Å². The van der Waals surface area contributed by atoms with Crippen molar-refractivity contribution in [2.75, 3.05) is 0 Å². The lowest BCUT2D eigenvalue weighted by atomic mass is 9.99. The highest BCUT2D eigenvalue weighted by Crippen LogP contribution is 2.43. The van der Waals surface area contributed by atoms with Crippen molar-refractivity contribution in [3.05, 3.63) is 182 Å². The molecule has 0 fully saturated rings. The molecule has 0 saturated heterocycles. The number of aromatic nitrogens is 4. The lowest BCUT2D eigenvalue weighted by Crippen LogP contribution is -2.01. The number of para-hydroxylation sites is 1. The second kappa shape index (κ2) is 12.6. The fourth-order valence-electron chi connectivity index (χ4n) is 8.49. The fraction of sp³-hybridized carbons (Fsp3) is 0. The number of hydrogen-bond acceptors (Lipinski definition) is 5. The lowest BCUT2D eigenvalue weighted by molar-refractivity contribution is 0.669. The topological polar surface area (TPSA) is 56.7 Å². The van der Waals surface area contributed by atoms with Crippen molar-refractivity contribution in [2.24, 2.45) is 0 Å². The summed E-state index contributed by atoms with van der Waals surface area (Å²) >= 11 is 1.84. The Morgan fingerprint density at radius 3 is 1.88 bits per heavy atom. The van der Waals surface area contributed by atoms with Crippen LogP contribution in [0.3, 0.4) is 0 Å². The van der Waals surface area contributed by atoms with Crippen LogP contribution in [0.15, 0.2) is 186 Å². The zero-order valence-corrected chi connectivity index (χ0v) is 31.2.